The van der Waals surface area contributed by atoms with Crippen LogP contribution in [0.2, 0.25) is 0 Å². The maximum absolute atomic E-state index is 13.2. The van der Waals surface area contributed by atoms with Gasteiger partial charge in [0.05, 0.1) is 6.04 Å². The monoisotopic (exact) mass is 488 g/mol. The van der Waals surface area contributed by atoms with E-state index in [1.54, 1.807) is 12.1 Å². The third-order valence-corrected chi connectivity index (χ3v) is 6.69. The number of likely N-dealkylation sites (tertiary alicyclic amines) is 2. The van der Waals surface area contributed by atoms with E-state index in [0.29, 0.717) is 45.2 Å². The maximum Gasteiger partial charge on any atom is 0.326 e. The van der Waals surface area contributed by atoms with E-state index in [2.05, 4.69) is 5.32 Å². The molecule has 2 heterocycles. The summed E-state index contributed by atoms with van der Waals surface area (Å²) in [6.07, 6.45) is 2.75. The van der Waals surface area contributed by atoms with Crippen LogP contribution in [-0.4, -0.2) is 81.0 Å². The van der Waals surface area contributed by atoms with Gasteiger partial charge in [-0.15, -0.1) is 0 Å². The molecule has 2 saturated heterocycles. The van der Waals surface area contributed by atoms with Crippen molar-refractivity contribution in [2.45, 2.75) is 76.5 Å². The van der Waals surface area contributed by atoms with Crippen molar-refractivity contribution >= 4 is 23.7 Å². The Hall–Kier alpha value is -3.14. The number of phenolic OH excluding ortho intramolecular Hbond substituents is 1. The van der Waals surface area contributed by atoms with Crippen molar-refractivity contribution in [3.8, 4) is 5.75 Å². The lowest BCUT2D eigenvalue weighted by Crippen LogP contribution is -2.57. The topological polar surface area (TPSA) is 153 Å². The van der Waals surface area contributed by atoms with Gasteiger partial charge in [-0.2, -0.15) is 0 Å². The number of aliphatic carboxylic acids is 1. The number of carbonyl (C=O) groups is 4. The highest BCUT2D eigenvalue weighted by molar-refractivity contribution is 5.94. The van der Waals surface area contributed by atoms with E-state index in [1.165, 1.54) is 21.9 Å². The number of aromatic hydroxyl groups is 1. The molecule has 0 aliphatic carbocycles. The Morgan fingerprint density at radius 2 is 1.57 bits per heavy atom. The minimum absolute atomic E-state index is 0.0928. The van der Waals surface area contributed by atoms with Gasteiger partial charge < -0.3 is 31.1 Å². The van der Waals surface area contributed by atoms with Gasteiger partial charge >= 0.3 is 5.97 Å². The van der Waals surface area contributed by atoms with Crippen molar-refractivity contribution < 1.29 is 29.4 Å². The van der Waals surface area contributed by atoms with E-state index in [0.717, 1.165) is 5.56 Å². The third kappa shape index (κ3) is 6.50. The summed E-state index contributed by atoms with van der Waals surface area (Å²) in [5.41, 5.74) is 6.97. The molecule has 0 radical (unpaired) electrons. The highest BCUT2D eigenvalue weighted by Crippen LogP contribution is 2.23. The van der Waals surface area contributed by atoms with E-state index >= 15 is 0 Å². The summed E-state index contributed by atoms with van der Waals surface area (Å²) in [5, 5.41) is 21.7. The first kappa shape index (κ1) is 26.5. The first-order valence-electron chi connectivity index (χ1n) is 12.3. The molecule has 2 aliphatic heterocycles. The first-order chi connectivity index (χ1) is 16.6. The van der Waals surface area contributed by atoms with Crippen molar-refractivity contribution in [1.82, 2.24) is 15.1 Å². The predicted octanol–water partition coefficient (Wildman–Crippen LogP) is 0.860. The van der Waals surface area contributed by atoms with E-state index in [9.17, 15) is 29.4 Å². The number of rotatable bonds is 9. The van der Waals surface area contributed by atoms with Gasteiger partial charge in [0.2, 0.25) is 17.7 Å². The molecule has 2 fully saturated rings. The van der Waals surface area contributed by atoms with Crippen LogP contribution >= 0.6 is 0 Å². The number of carboxylic acids is 1. The van der Waals surface area contributed by atoms with Gasteiger partial charge in [-0.3, -0.25) is 14.4 Å². The van der Waals surface area contributed by atoms with Gasteiger partial charge in [-0.05, 0) is 62.1 Å². The van der Waals surface area contributed by atoms with Crippen molar-refractivity contribution in [2.24, 2.45) is 11.7 Å². The minimum atomic E-state index is -1.04. The SMILES string of the molecule is CC(C)C[C@H](NC(=O)[C@@H]1CCCN1C(=O)[C@@H](N)Cc1ccc(O)cc1)C(=O)N1CCC[C@H]1C(=O)O. The van der Waals surface area contributed by atoms with Crippen molar-refractivity contribution in [2.75, 3.05) is 13.1 Å². The highest BCUT2D eigenvalue weighted by atomic mass is 16.4. The standard InChI is InChI=1S/C25H36N4O6/c1-15(2)13-19(24(33)29-12-4-6-21(29)25(34)35)27-22(31)20-5-3-11-28(20)23(32)18(26)14-16-7-9-17(30)10-8-16/h7-10,15,18-21,30H,3-6,11-14,26H2,1-2H3,(H,27,31)(H,34,35)/t18-,19-,20-,21-/m0/s1. The molecule has 5 N–H and O–H groups in total. The van der Waals surface area contributed by atoms with Crippen LogP contribution in [0.4, 0.5) is 0 Å². The van der Waals surface area contributed by atoms with E-state index < -0.39 is 42.0 Å². The number of hydrogen-bond acceptors (Lipinski definition) is 6. The Bertz CT molecular complexity index is 934. The molecule has 10 heteroatoms. The molecular formula is C25H36N4O6. The molecule has 0 spiro atoms. The quantitative estimate of drug-likeness (QED) is 0.402. The van der Waals surface area contributed by atoms with Gasteiger partial charge in [0.15, 0.2) is 0 Å². The van der Waals surface area contributed by atoms with Crippen LogP contribution in [0.15, 0.2) is 24.3 Å². The number of nitrogens with two attached hydrogens (primary N) is 1. The average Bonchev–Trinajstić information content (AvgIpc) is 3.49. The zero-order chi connectivity index (χ0) is 25.7. The van der Waals surface area contributed by atoms with Gasteiger partial charge in [0.1, 0.15) is 23.9 Å². The molecule has 192 valence electrons. The summed E-state index contributed by atoms with van der Waals surface area (Å²) in [6.45, 7) is 4.61. The molecule has 0 aromatic heterocycles. The largest absolute Gasteiger partial charge is 0.508 e. The fourth-order valence-corrected chi connectivity index (χ4v) is 4.94. The van der Waals surface area contributed by atoms with E-state index in [1.807, 2.05) is 13.8 Å². The summed E-state index contributed by atoms with van der Waals surface area (Å²) in [6, 6.07) is 3.14. The summed E-state index contributed by atoms with van der Waals surface area (Å²) in [7, 11) is 0. The summed E-state index contributed by atoms with van der Waals surface area (Å²) >= 11 is 0. The Labute approximate surface area is 205 Å². The second kappa shape index (κ2) is 11.5. The molecule has 3 rings (SSSR count). The number of carbonyl (C=O) groups excluding carboxylic acids is 3. The van der Waals surface area contributed by atoms with Gasteiger partial charge in [0.25, 0.3) is 0 Å². The summed E-state index contributed by atoms with van der Waals surface area (Å²) in [5.74, 6) is -1.97. The van der Waals surface area contributed by atoms with Crippen LogP contribution in [0, 0.1) is 5.92 Å². The van der Waals surface area contributed by atoms with Crippen LogP contribution in [0.5, 0.6) is 5.75 Å². The van der Waals surface area contributed by atoms with Crippen LogP contribution in [0.25, 0.3) is 0 Å². The Kier molecular flexibility index (Phi) is 8.71. The fourth-order valence-electron chi connectivity index (χ4n) is 4.94. The lowest BCUT2D eigenvalue weighted by molar-refractivity contribution is -0.150. The molecule has 35 heavy (non-hydrogen) atoms. The number of hydrogen-bond donors (Lipinski definition) is 4. The molecule has 2 aliphatic rings. The van der Waals surface area contributed by atoms with Crippen molar-refractivity contribution in [1.29, 1.82) is 0 Å². The number of phenols is 1. The van der Waals surface area contributed by atoms with E-state index in [-0.39, 0.29) is 24.0 Å². The summed E-state index contributed by atoms with van der Waals surface area (Å²) < 4.78 is 0. The van der Waals surface area contributed by atoms with E-state index in [4.69, 9.17) is 5.73 Å². The van der Waals surface area contributed by atoms with Gasteiger partial charge in [-0.25, -0.2) is 4.79 Å². The minimum Gasteiger partial charge on any atom is -0.508 e. The molecular weight excluding hydrogens is 452 g/mol. The molecule has 1 aromatic carbocycles. The number of nitrogens with zero attached hydrogens (tertiary/aromatic N) is 2. The second-order valence-corrected chi connectivity index (χ2v) is 9.89. The molecule has 0 saturated carbocycles. The lowest BCUT2D eigenvalue weighted by atomic mass is 10.0. The average molecular weight is 489 g/mol. The molecule has 0 unspecified atom stereocenters. The maximum atomic E-state index is 13.2. The third-order valence-electron chi connectivity index (χ3n) is 6.69. The zero-order valence-corrected chi connectivity index (χ0v) is 20.4. The zero-order valence-electron chi connectivity index (χ0n) is 20.4. The Balaban J connectivity index is 1.68. The summed E-state index contributed by atoms with van der Waals surface area (Å²) in [4.78, 5) is 54.0. The first-order valence-corrected chi connectivity index (χ1v) is 12.3. The smallest absolute Gasteiger partial charge is 0.326 e. The molecule has 4 atom stereocenters. The van der Waals surface area contributed by atoms with Crippen LogP contribution < -0.4 is 11.1 Å². The number of nitrogens with one attached hydrogen (secondary N) is 1. The Morgan fingerprint density at radius 3 is 2.14 bits per heavy atom. The number of benzene rings is 1. The number of carboxylic acid groups (broad SMARTS) is 1. The molecule has 3 amide bonds. The van der Waals surface area contributed by atoms with Gasteiger partial charge in [0, 0.05) is 13.1 Å². The van der Waals surface area contributed by atoms with Crippen LogP contribution in [-0.2, 0) is 25.6 Å². The molecule has 1 aromatic rings. The number of amides is 3. The fraction of sp³-hybridized carbons (Fsp3) is 0.600. The van der Waals surface area contributed by atoms with Crippen LogP contribution in [0.3, 0.4) is 0 Å². The van der Waals surface area contributed by atoms with Gasteiger partial charge in [-0.1, -0.05) is 26.0 Å². The highest BCUT2D eigenvalue weighted by Gasteiger charge is 2.41. The van der Waals surface area contributed by atoms with Crippen LogP contribution in [0.1, 0.15) is 51.5 Å². The lowest BCUT2D eigenvalue weighted by Gasteiger charge is -2.31. The van der Waals surface area contributed by atoms with Crippen molar-refractivity contribution in [3.63, 3.8) is 0 Å². The second-order valence-electron chi connectivity index (χ2n) is 9.89. The normalized spacial score (nSPS) is 21.7. The van der Waals surface area contributed by atoms with Crippen molar-refractivity contribution in [3.05, 3.63) is 29.8 Å². The predicted molar refractivity (Wildman–Crippen MR) is 128 cm³/mol. The Morgan fingerprint density at radius 1 is 1.00 bits per heavy atom. The molecule has 10 nitrogen and oxygen atoms in total. The molecule has 0 bridgehead atoms.